The molecule has 1 aromatic carbocycles. The van der Waals surface area contributed by atoms with Crippen molar-refractivity contribution in [1.29, 1.82) is 0 Å². The molecule has 0 radical (unpaired) electrons. The maximum absolute atomic E-state index is 13.5. The summed E-state index contributed by atoms with van der Waals surface area (Å²) in [6.45, 7) is 12.9. The van der Waals surface area contributed by atoms with Crippen molar-refractivity contribution in [2.75, 3.05) is 44.7 Å². The Bertz CT molecular complexity index is 1280. The molecule has 0 aliphatic carbocycles. The quantitative estimate of drug-likeness (QED) is 0.0454. The molecule has 2 amide bonds. The topological polar surface area (TPSA) is 167 Å². The Morgan fingerprint density at radius 1 is 0.491 bits per heavy atom. The molecule has 0 unspecified atom stereocenters. The highest BCUT2D eigenvalue weighted by molar-refractivity contribution is 6.01. The molecule has 1 aromatic rings. The highest BCUT2D eigenvalue weighted by Crippen LogP contribution is 2.22. The zero-order chi connectivity index (χ0) is 42.7. The molecule has 0 saturated carbocycles. The third kappa shape index (κ3) is 23.6. The number of unbranched alkanes of at least 4 members (excludes halogenated alkanes) is 14. The maximum Gasteiger partial charge on any atom is 0.328 e. The van der Waals surface area contributed by atoms with Gasteiger partial charge in [-0.3, -0.25) is 28.8 Å². The molecule has 0 bridgehead atoms. The van der Waals surface area contributed by atoms with E-state index in [0.717, 1.165) is 51.4 Å². The third-order valence-electron chi connectivity index (χ3n) is 9.12. The molecule has 2 N–H and O–H groups in total. The molecule has 0 heterocycles. The van der Waals surface area contributed by atoms with Crippen molar-refractivity contribution in [3.63, 3.8) is 0 Å². The number of nitrogens with zero attached hydrogens (tertiary/aromatic N) is 1. The van der Waals surface area contributed by atoms with E-state index in [9.17, 15) is 28.8 Å². The smallest absolute Gasteiger partial charge is 0.328 e. The van der Waals surface area contributed by atoms with E-state index in [2.05, 4.69) is 24.5 Å². The molecular formula is C44H73N3O10. The van der Waals surface area contributed by atoms with Crippen LogP contribution in [-0.4, -0.2) is 75.5 Å². The summed E-state index contributed by atoms with van der Waals surface area (Å²) in [5, 5.41) is 5.88. The Labute approximate surface area is 342 Å². The molecule has 0 aliphatic rings. The van der Waals surface area contributed by atoms with Crippen LogP contribution in [0.3, 0.4) is 0 Å². The van der Waals surface area contributed by atoms with Crippen molar-refractivity contribution in [2.24, 2.45) is 10.8 Å². The Balaban J connectivity index is 3.24. The number of carbonyl (C=O) groups excluding carboxylic acids is 6. The molecule has 0 atom stereocenters. The predicted octanol–water partition coefficient (Wildman–Crippen LogP) is 8.41. The molecule has 57 heavy (non-hydrogen) atoms. The van der Waals surface area contributed by atoms with Gasteiger partial charge in [0.1, 0.15) is 13.1 Å². The van der Waals surface area contributed by atoms with Crippen molar-refractivity contribution in [3.8, 4) is 0 Å². The number of hydrogen-bond acceptors (Lipinski definition) is 11. The molecule has 0 aliphatic heterocycles. The fourth-order valence-corrected chi connectivity index (χ4v) is 5.55. The van der Waals surface area contributed by atoms with Gasteiger partial charge in [-0.1, -0.05) is 104 Å². The van der Waals surface area contributed by atoms with E-state index in [1.54, 1.807) is 41.5 Å². The molecule has 1 rings (SSSR count). The summed E-state index contributed by atoms with van der Waals surface area (Å²) in [7, 11) is 0. The van der Waals surface area contributed by atoms with E-state index in [1.165, 1.54) is 74.5 Å². The Kier molecular flexibility index (Phi) is 25.2. The van der Waals surface area contributed by atoms with Crippen LogP contribution in [0, 0.1) is 10.8 Å². The first-order valence-corrected chi connectivity index (χ1v) is 21.1. The van der Waals surface area contributed by atoms with Crippen molar-refractivity contribution >= 4 is 41.4 Å². The van der Waals surface area contributed by atoms with Gasteiger partial charge in [-0.05, 0) is 72.6 Å². The molecule has 0 saturated heterocycles. The lowest BCUT2D eigenvalue weighted by Gasteiger charge is -2.24. The predicted molar refractivity (Wildman–Crippen MR) is 222 cm³/mol. The molecule has 0 spiro atoms. The van der Waals surface area contributed by atoms with Crippen molar-refractivity contribution in [1.82, 2.24) is 10.6 Å². The average Bonchev–Trinajstić information content (AvgIpc) is 3.15. The van der Waals surface area contributed by atoms with Crippen LogP contribution < -0.4 is 15.5 Å². The summed E-state index contributed by atoms with van der Waals surface area (Å²) < 4.78 is 20.5. The number of benzene rings is 1. The second-order valence-corrected chi connectivity index (χ2v) is 16.7. The van der Waals surface area contributed by atoms with Gasteiger partial charge < -0.3 is 34.5 Å². The highest BCUT2D eigenvalue weighted by Gasteiger charge is 2.26. The van der Waals surface area contributed by atoms with Gasteiger partial charge in [-0.2, -0.15) is 0 Å². The average molecular weight is 804 g/mol. The molecule has 13 nitrogen and oxygen atoms in total. The lowest BCUT2D eigenvalue weighted by molar-refractivity contribution is -0.173. The second kappa shape index (κ2) is 28.3. The summed E-state index contributed by atoms with van der Waals surface area (Å²) in [5.41, 5.74) is -1.12. The minimum absolute atomic E-state index is 0.161. The van der Waals surface area contributed by atoms with Crippen LogP contribution in [0.1, 0.15) is 179 Å². The fraction of sp³-hybridized carbons (Fsp3) is 0.727. The van der Waals surface area contributed by atoms with Gasteiger partial charge >= 0.3 is 23.9 Å². The lowest BCUT2D eigenvalue weighted by Crippen LogP contribution is -2.38. The summed E-state index contributed by atoms with van der Waals surface area (Å²) in [4.78, 5) is 78.8. The van der Waals surface area contributed by atoms with Crippen molar-refractivity contribution in [2.45, 2.75) is 158 Å². The number of anilines is 1. The zero-order valence-electron chi connectivity index (χ0n) is 36.3. The summed E-state index contributed by atoms with van der Waals surface area (Å²) in [6.07, 6.45) is 17.8. The van der Waals surface area contributed by atoms with E-state index in [1.807, 2.05) is 0 Å². The minimum Gasteiger partial charge on any atom is -0.427 e. The van der Waals surface area contributed by atoms with E-state index in [4.69, 9.17) is 18.9 Å². The molecule has 13 heteroatoms. The first-order chi connectivity index (χ1) is 27.0. The summed E-state index contributed by atoms with van der Waals surface area (Å²) >= 11 is 0. The van der Waals surface area contributed by atoms with Crippen LogP contribution in [0.15, 0.2) is 18.2 Å². The van der Waals surface area contributed by atoms with Gasteiger partial charge in [-0.25, -0.2) is 0 Å². The Hall–Kier alpha value is -4.16. The normalized spacial score (nSPS) is 11.4. The standard InChI is InChI=1S/C44H73N3O10/c1-9-11-13-15-17-19-21-23-25-45-39(50)34-27-35(40(51)46-26-24-22-20-18-16-14-12-10-2)29-36(28-34)47(30-37(48)54-32-56-41(52)43(3,4)5)31-38(49)55-33-57-42(53)44(6,7)8/h27-29H,9-26,30-33H2,1-8H3,(H,45,50)(H,46,51). The first kappa shape index (κ1) is 50.9. The van der Waals surface area contributed by atoms with E-state index in [-0.39, 0.29) is 16.8 Å². The van der Waals surface area contributed by atoms with Crippen molar-refractivity contribution < 1.29 is 47.7 Å². The molecular weight excluding hydrogens is 730 g/mol. The number of ether oxygens (including phenoxy) is 4. The fourth-order valence-electron chi connectivity index (χ4n) is 5.55. The third-order valence-corrected chi connectivity index (χ3v) is 9.12. The molecule has 324 valence electrons. The Morgan fingerprint density at radius 2 is 0.825 bits per heavy atom. The van der Waals surface area contributed by atoms with E-state index < -0.39 is 73.2 Å². The monoisotopic (exact) mass is 804 g/mol. The van der Waals surface area contributed by atoms with Crippen LogP contribution in [0.4, 0.5) is 5.69 Å². The van der Waals surface area contributed by atoms with Crippen LogP contribution in [0.2, 0.25) is 0 Å². The van der Waals surface area contributed by atoms with Gasteiger partial charge in [0.2, 0.25) is 13.6 Å². The van der Waals surface area contributed by atoms with Crippen molar-refractivity contribution in [3.05, 3.63) is 29.3 Å². The maximum atomic E-state index is 13.5. The van der Waals surface area contributed by atoms with Gasteiger partial charge in [0.05, 0.1) is 10.8 Å². The van der Waals surface area contributed by atoms with E-state index >= 15 is 0 Å². The number of amides is 2. The Morgan fingerprint density at radius 3 is 1.16 bits per heavy atom. The number of rotatable bonds is 29. The van der Waals surface area contributed by atoms with Crippen LogP contribution in [0.25, 0.3) is 0 Å². The first-order valence-electron chi connectivity index (χ1n) is 21.1. The summed E-state index contributed by atoms with van der Waals surface area (Å²) in [5.74, 6) is -3.68. The van der Waals surface area contributed by atoms with Gasteiger partial charge in [0, 0.05) is 29.9 Å². The highest BCUT2D eigenvalue weighted by atomic mass is 16.7. The number of esters is 4. The minimum atomic E-state index is -0.853. The second-order valence-electron chi connectivity index (χ2n) is 16.7. The number of carbonyl (C=O) groups is 6. The largest absolute Gasteiger partial charge is 0.427 e. The van der Waals surface area contributed by atoms with Crippen LogP contribution >= 0.6 is 0 Å². The summed E-state index contributed by atoms with van der Waals surface area (Å²) in [6, 6.07) is 4.46. The SMILES string of the molecule is CCCCCCCCCCNC(=O)c1cc(C(=O)NCCCCCCCCCC)cc(N(CC(=O)OCOC(=O)C(C)(C)C)CC(=O)OCOC(=O)C(C)(C)C)c1. The number of nitrogens with one attached hydrogen (secondary N) is 2. The van der Waals surface area contributed by atoms with Crippen LogP contribution in [0.5, 0.6) is 0 Å². The van der Waals surface area contributed by atoms with Crippen LogP contribution in [-0.2, 0) is 38.1 Å². The lowest BCUT2D eigenvalue weighted by atomic mass is 9.97. The van der Waals surface area contributed by atoms with Gasteiger partial charge in [0.25, 0.3) is 11.8 Å². The molecule has 0 aromatic heterocycles. The van der Waals surface area contributed by atoms with Gasteiger partial charge in [0.15, 0.2) is 0 Å². The zero-order valence-corrected chi connectivity index (χ0v) is 36.3. The molecule has 0 fully saturated rings. The number of hydrogen-bond donors (Lipinski definition) is 2. The van der Waals surface area contributed by atoms with E-state index in [0.29, 0.717) is 13.1 Å². The van der Waals surface area contributed by atoms with Gasteiger partial charge in [-0.15, -0.1) is 0 Å².